The predicted octanol–water partition coefficient (Wildman–Crippen LogP) is 4.01. The molecule has 0 bridgehead atoms. The van der Waals surface area contributed by atoms with Crippen molar-refractivity contribution in [1.29, 1.82) is 0 Å². The molecule has 2 nitrogen and oxygen atoms in total. The molecule has 0 amide bonds. The van der Waals surface area contributed by atoms with E-state index in [2.05, 4.69) is 15.9 Å². The summed E-state index contributed by atoms with van der Waals surface area (Å²) in [5.41, 5.74) is 7.60. The molecule has 1 atom stereocenters. The number of rotatable bonds is 4. The molecule has 106 valence electrons. The monoisotopic (exact) mass is 337 g/mol. The molecule has 0 heterocycles. The summed E-state index contributed by atoms with van der Waals surface area (Å²) in [6.07, 6.45) is 0.526. The van der Waals surface area contributed by atoms with Gasteiger partial charge in [0.2, 0.25) is 0 Å². The molecule has 0 saturated carbocycles. The smallest absolute Gasteiger partial charge is 0.123 e. The van der Waals surface area contributed by atoms with Crippen molar-refractivity contribution in [3.8, 4) is 5.75 Å². The highest BCUT2D eigenvalue weighted by atomic mass is 79.9. The van der Waals surface area contributed by atoms with E-state index >= 15 is 0 Å². The van der Waals surface area contributed by atoms with Crippen LogP contribution in [-0.2, 0) is 12.0 Å². The van der Waals surface area contributed by atoms with Crippen LogP contribution in [0.3, 0.4) is 0 Å². The summed E-state index contributed by atoms with van der Waals surface area (Å²) >= 11 is 3.44. The average molecular weight is 338 g/mol. The van der Waals surface area contributed by atoms with Gasteiger partial charge in [-0.05, 0) is 54.8 Å². The minimum absolute atomic E-state index is 0.260. The van der Waals surface area contributed by atoms with Crippen LogP contribution in [-0.4, -0.2) is 7.11 Å². The lowest BCUT2D eigenvalue weighted by Crippen LogP contribution is -2.35. The summed E-state index contributed by atoms with van der Waals surface area (Å²) in [6.45, 7) is 1.93. The highest BCUT2D eigenvalue weighted by molar-refractivity contribution is 9.10. The van der Waals surface area contributed by atoms with E-state index in [0.29, 0.717) is 6.42 Å². The number of benzene rings is 2. The van der Waals surface area contributed by atoms with Crippen LogP contribution >= 0.6 is 15.9 Å². The Hall–Kier alpha value is -1.39. The first-order chi connectivity index (χ1) is 9.42. The van der Waals surface area contributed by atoms with Crippen LogP contribution in [0, 0.1) is 5.82 Å². The van der Waals surface area contributed by atoms with Gasteiger partial charge >= 0.3 is 0 Å². The Kier molecular flexibility index (Phi) is 4.45. The Balaban J connectivity index is 2.32. The second kappa shape index (κ2) is 5.94. The van der Waals surface area contributed by atoms with E-state index in [1.165, 1.54) is 12.1 Å². The van der Waals surface area contributed by atoms with Crippen molar-refractivity contribution in [1.82, 2.24) is 0 Å². The highest BCUT2D eigenvalue weighted by Gasteiger charge is 2.23. The summed E-state index contributed by atoms with van der Waals surface area (Å²) in [5.74, 6) is 0.502. The molecule has 0 aliphatic carbocycles. The zero-order chi connectivity index (χ0) is 14.8. The lowest BCUT2D eigenvalue weighted by Gasteiger charge is -2.26. The van der Waals surface area contributed by atoms with E-state index in [4.69, 9.17) is 10.5 Å². The van der Waals surface area contributed by atoms with Gasteiger partial charge in [0, 0.05) is 10.0 Å². The van der Waals surface area contributed by atoms with Gasteiger partial charge < -0.3 is 10.5 Å². The third-order valence-electron chi connectivity index (χ3n) is 3.29. The Bertz CT molecular complexity index is 613. The van der Waals surface area contributed by atoms with Crippen LogP contribution in [0.4, 0.5) is 4.39 Å². The Morgan fingerprint density at radius 1 is 1.25 bits per heavy atom. The molecule has 0 aliphatic rings. The summed E-state index contributed by atoms with van der Waals surface area (Å²) in [6, 6.07) is 12.3. The topological polar surface area (TPSA) is 35.2 Å². The van der Waals surface area contributed by atoms with Gasteiger partial charge in [0.15, 0.2) is 0 Å². The zero-order valence-electron chi connectivity index (χ0n) is 11.5. The van der Waals surface area contributed by atoms with Gasteiger partial charge in [0.1, 0.15) is 11.6 Å². The molecule has 1 unspecified atom stereocenters. The van der Waals surface area contributed by atoms with E-state index in [9.17, 15) is 4.39 Å². The van der Waals surface area contributed by atoms with E-state index < -0.39 is 5.54 Å². The maximum Gasteiger partial charge on any atom is 0.123 e. The van der Waals surface area contributed by atoms with Crippen molar-refractivity contribution in [2.45, 2.75) is 18.9 Å². The number of nitrogens with two attached hydrogens (primary N) is 1. The molecular formula is C16H17BrFNO. The van der Waals surface area contributed by atoms with Crippen LogP contribution in [0.15, 0.2) is 46.9 Å². The summed E-state index contributed by atoms with van der Waals surface area (Å²) < 4.78 is 19.4. The van der Waals surface area contributed by atoms with E-state index in [1.54, 1.807) is 13.2 Å². The minimum atomic E-state index is -0.606. The number of ether oxygens (including phenoxy) is 1. The molecule has 0 radical (unpaired) electrons. The van der Waals surface area contributed by atoms with Gasteiger partial charge in [-0.3, -0.25) is 0 Å². The average Bonchev–Trinajstić information content (AvgIpc) is 2.43. The first-order valence-corrected chi connectivity index (χ1v) is 7.09. The largest absolute Gasteiger partial charge is 0.497 e. The molecule has 0 aromatic heterocycles. The third-order valence-corrected chi connectivity index (χ3v) is 4.07. The fraction of sp³-hybridized carbons (Fsp3) is 0.250. The van der Waals surface area contributed by atoms with Crippen molar-refractivity contribution in [3.63, 3.8) is 0 Å². The van der Waals surface area contributed by atoms with Gasteiger partial charge in [-0.25, -0.2) is 4.39 Å². The molecule has 0 spiro atoms. The van der Waals surface area contributed by atoms with Crippen LogP contribution in [0.1, 0.15) is 18.1 Å². The Morgan fingerprint density at radius 2 is 2.00 bits per heavy atom. The summed E-state index contributed by atoms with van der Waals surface area (Å²) in [4.78, 5) is 0. The van der Waals surface area contributed by atoms with Crippen LogP contribution in [0.25, 0.3) is 0 Å². The van der Waals surface area contributed by atoms with Crippen molar-refractivity contribution >= 4 is 15.9 Å². The number of hydrogen-bond donors (Lipinski definition) is 1. The number of methoxy groups -OCH3 is 1. The first kappa shape index (κ1) is 15.0. The second-order valence-corrected chi connectivity index (χ2v) is 5.92. The van der Waals surface area contributed by atoms with Gasteiger partial charge in [-0.1, -0.05) is 28.1 Å². The fourth-order valence-corrected chi connectivity index (χ4v) is 2.54. The summed E-state index contributed by atoms with van der Waals surface area (Å²) in [5, 5.41) is 0. The quantitative estimate of drug-likeness (QED) is 0.914. The van der Waals surface area contributed by atoms with Gasteiger partial charge in [-0.15, -0.1) is 0 Å². The van der Waals surface area contributed by atoms with Crippen molar-refractivity contribution in [2.24, 2.45) is 5.73 Å². The third kappa shape index (κ3) is 3.38. The standard InChI is InChI=1S/C16H17BrFNO/c1-16(19,12-4-3-5-14(9-12)20-2)10-11-8-13(18)6-7-15(11)17/h3-9H,10,19H2,1-2H3. The highest BCUT2D eigenvalue weighted by Crippen LogP contribution is 2.29. The number of hydrogen-bond acceptors (Lipinski definition) is 2. The number of halogens is 2. The van der Waals surface area contributed by atoms with Crippen LogP contribution in [0.5, 0.6) is 5.75 Å². The molecular weight excluding hydrogens is 321 g/mol. The lowest BCUT2D eigenvalue weighted by molar-refractivity contribution is 0.410. The fourth-order valence-electron chi connectivity index (χ4n) is 2.15. The normalized spacial score (nSPS) is 13.8. The van der Waals surface area contributed by atoms with Crippen LogP contribution in [0.2, 0.25) is 0 Å². The van der Waals surface area contributed by atoms with Crippen molar-refractivity contribution in [2.75, 3.05) is 7.11 Å². The van der Waals surface area contributed by atoms with Gasteiger partial charge in [0.25, 0.3) is 0 Å². The lowest BCUT2D eigenvalue weighted by atomic mass is 9.86. The Labute approximate surface area is 126 Å². The maximum atomic E-state index is 13.4. The minimum Gasteiger partial charge on any atom is -0.497 e. The van der Waals surface area contributed by atoms with Crippen LogP contribution < -0.4 is 10.5 Å². The van der Waals surface area contributed by atoms with Crippen molar-refractivity contribution < 1.29 is 9.13 Å². The molecule has 4 heteroatoms. The summed E-state index contributed by atoms with van der Waals surface area (Å²) in [7, 11) is 1.62. The van der Waals surface area contributed by atoms with E-state index in [-0.39, 0.29) is 5.82 Å². The molecule has 2 rings (SSSR count). The van der Waals surface area contributed by atoms with E-state index in [1.807, 2.05) is 31.2 Å². The molecule has 2 aromatic rings. The van der Waals surface area contributed by atoms with Gasteiger partial charge in [0.05, 0.1) is 7.11 Å². The second-order valence-electron chi connectivity index (χ2n) is 5.06. The first-order valence-electron chi connectivity index (χ1n) is 6.30. The zero-order valence-corrected chi connectivity index (χ0v) is 13.1. The van der Waals surface area contributed by atoms with Crippen molar-refractivity contribution in [3.05, 3.63) is 63.9 Å². The maximum absolute atomic E-state index is 13.4. The predicted molar refractivity (Wildman–Crippen MR) is 82.3 cm³/mol. The Morgan fingerprint density at radius 3 is 2.70 bits per heavy atom. The van der Waals surface area contributed by atoms with E-state index in [0.717, 1.165) is 21.3 Å². The molecule has 0 aliphatic heterocycles. The molecule has 0 saturated heterocycles. The SMILES string of the molecule is COc1cccc(C(C)(N)Cc2cc(F)ccc2Br)c1. The molecule has 2 aromatic carbocycles. The molecule has 2 N–H and O–H groups in total. The molecule has 20 heavy (non-hydrogen) atoms. The molecule has 0 fully saturated rings. The van der Waals surface area contributed by atoms with Gasteiger partial charge in [-0.2, -0.15) is 0 Å².